The monoisotopic (exact) mass is 580 g/mol. The lowest BCUT2D eigenvalue weighted by molar-refractivity contribution is -0.385. The van der Waals surface area contributed by atoms with Crippen LogP contribution in [0, 0.1) is 17.0 Å². The number of aryl methyl sites for hydroxylation is 1. The van der Waals surface area contributed by atoms with Crippen LogP contribution in [0.5, 0.6) is 0 Å². The van der Waals surface area contributed by atoms with E-state index < -0.39 is 10.8 Å². The number of carboxylic acid groups (broad SMARTS) is 1. The smallest absolute Gasteiger partial charge is 0.292 e. The van der Waals surface area contributed by atoms with E-state index >= 15 is 0 Å². The standard InChI is InChI=1S/C26H23ClN6O5.CH2O2/c1-15-12-19(28-14-21(15)33(36)37)26(35)32-11-3-2-4-20(32)18-13-24(31-30-18)29-25(34)23-10-9-22(38-23)16-5-7-17(27)8-6-16;2-1-3/h5-10,12-14,20H,2-4,11H2,1H3,(H2,29,30,31,34);1H,(H,2,3). The number of nitrogens with one attached hydrogen (secondary N) is 2. The number of halogens is 1. The van der Waals surface area contributed by atoms with Crippen LogP contribution >= 0.6 is 11.6 Å². The number of anilines is 1. The Balaban J connectivity index is 0.00000124. The fraction of sp³-hybridized carbons (Fsp3) is 0.222. The number of amides is 2. The summed E-state index contributed by atoms with van der Waals surface area (Å²) >= 11 is 5.93. The summed E-state index contributed by atoms with van der Waals surface area (Å²) in [5, 5.41) is 28.4. The van der Waals surface area contributed by atoms with E-state index in [9.17, 15) is 19.7 Å². The molecule has 0 saturated carbocycles. The summed E-state index contributed by atoms with van der Waals surface area (Å²) in [6, 6.07) is 13.2. The molecule has 3 aromatic heterocycles. The van der Waals surface area contributed by atoms with Gasteiger partial charge < -0.3 is 19.7 Å². The fourth-order valence-electron chi connectivity index (χ4n) is 4.48. The molecule has 1 saturated heterocycles. The normalized spacial score (nSPS) is 14.5. The van der Waals surface area contributed by atoms with Crippen molar-refractivity contribution in [1.29, 1.82) is 0 Å². The molecular formula is C27H25ClN6O7. The molecular weight excluding hydrogens is 556 g/mol. The summed E-state index contributed by atoms with van der Waals surface area (Å²) in [5.41, 5.74) is 1.82. The number of hydrogen-bond acceptors (Lipinski definition) is 8. The van der Waals surface area contributed by atoms with Gasteiger partial charge >= 0.3 is 0 Å². The third-order valence-corrected chi connectivity index (χ3v) is 6.67. The molecule has 212 valence electrons. The van der Waals surface area contributed by atoms with Crippen molar-refractivity contribution < 1.29 is 28.8 Å². The zero-order chi connectivity index (χ0) is 29.5. The number of piperidine rings is 1. The molecule has 1 atom stereocenters. The van der Waals surface area contributed by atoms with Crippen molar-refractivity contribution >= 4 is 41.4 Å². The molecule has 14 heteroatoms. The number of pyridine rings is 1. The van der Waals surface area contributed by atoms with Gasteiger partial charge in [0.1, 0.15) is 17.7 Å². The highest BCUT2D eigenvalue weighted by Gasteiger charge is 2.31. The van der Waals surface area contributed by atoms with Crippen LogP contribution < -0.4 is 5.32 Å². The number of nitro groups is 1. The van der Waals surface area contributed by atoms with Gasteiger partial charge in [-0.3, -0.25) is 29.6 Å². The van der Waals surface area contributed by atoms with Crippen molar-refractivity contribution in [3.63, 3.8) is 0 Å². The summed E-state index contributed by atoms with van der Waals surface area (Å²) < 4.78 is 5.70. The molecule has 5 rings (SSSR count). The molecule has 1 unspecified atom stereocenters. The molecule has 1 aliphatic rings. The first-order valence-corrected chi connectivity index (χ1v) is 12.8. The van der Waals surface area contributed by atoms with E-state index in [1.54, 1.807) is 54.3 Å². The number of carbonyl (C=O) groups is 3. The van der Waals surface area contributed by atoms with Crippen LogP contribution in [-0.2, 0) is 4.79 Å². The first-order chi connectivity index (χ1) is 19.7. The minimum Gasteiger partial charge on any atom is -0.483 e. The van der Waals surface area contributed by atoms with Crippen molar-refractivity contribution in [2.24, 2.45) is 0 Å². The number of likely N-dealkylation sites (tertiary alicyclic amines) is 1. The van der Waals surface area contributed by atoms with Crippen molar-refractivity contribution in [1.82, 2.24) is 20.1 Å². The average molecular weight is 581 g/mol. The van der Waals surface area contributed by atoms with Crippen LogP contribution in [0.25, 0.3) is 11.3 Å². The van der Waals surface area contributed by atoms with Gasteiger partial charge in [-0.05, 0) is 68.7 Å². The van der Waals surface area contributed by atoms with Gasteiger partial charge in [-0.1, -0.05) is 11.6 Å². The van der Waals surface area contributed by atoms with E-state index in [1.165, 1.54) is 6.07 Å². The molecule has 3 N–H and O–H groups in total. The lowest BCUT2D eigenvalue weighted by Crippen LogP contribution is -2.39. The number of benzene rings is 1. The summed E-state index contributed by atoms with van der Waals surface area (Å²) in [4.78, 5) is 50.7. The first kappa shape index (κ1) is 29.0. The first-order valence-electron chi connectivity index (χ1n) is 12.4. The van der Waals surface area contributed by atoms with Crippen LogP contribution in [0.1, 0.15) is 57.6 Å². The summed E-state index contributed by atoms with van der Waals surface area (Å²) in [6.45, 7) is 1.83. The molecule has 41 heavy (non-hydrogen) atoms. The Hall–Kier alpha value is -5.04. The van der Waals surface area contributed by atoms with E-state index in [1.807, 2.05) is 0 Å². The molecule has 0 spiro atoms. The molecule has 1 fully saturated rings. The van der Waals surface area contributed by atoms with Crippen LogP contribution in [0.3, 0.4) is 0 Å². The Morgan fingerprint density at radius 3 is 2.63 bits per heavy atom. The number of nitrogens with zero attached hydrogens (tertiary/aromatic N) is 4. The number of rotatable bonds is 6. The van der Waals surface area contributed by atoms with Crippen molar-refractivity contribution in [2.45, 2.75) is 32.2 Å². The second kappa shape index (κ2) is 12.9. The summed E-state index contributed by atoms with van der Waals surface area (Å²) in [6.07, 6.45) is 3.52. The largest absolute Gasteiger partial charge is 0.483 e. The highest BCUT2D eigenvalue weighted by molar-refractivity contribution is 6.30. The second-order valence-electron chi connectivity index (χ2n) is 9.06. The summed E-state index contributed by atoms with van der Waals surface area (Å²) in [7, 11) is 0. The molecule has 0 aliphatic carbocycles. The quantitative estimate of drug-likeness (QED) is 0.155. The highest BCUT2D eigenvalue weighted by atomic mass is 35.5. The molecule has 0 bridgehead atoms. The number of aromatic amines is 1. The number of carbonyl (C=O) groups excluding carboxylic acids is 2. The van der Waals surface area contributed by atoms with Gasteiger partial charge in [0, 0.05) is 28.8 Å². The molecule has 4 heterocycles. The van der Waals surface area contributed by atoms with Gasteiger partial charge in [-0.2, -0.15) is 5.10 Å². The number of hydrogen-bond donors (Lipinski definition) is 3. The Labute approximate surface area is 238 Å². The van der Waals surface area contributed by atoms with Gasteiger partial charge in [0.25, 0.3) is 24.0 Å². The van der Waals surface area contributed by atoms with Gasteiger partial charge in [0.15, 0.2) is 11.6 Å². The zero-order valence-corrected chi connectivity index (χ0v) is 22.5. The van der Waals surface area contributed by atoms with E-state index in [0.717, 1.165) is 24.6 Å². The molecule has 1 aromatic carbocycles. The lowest BCUT2D eigenvalue weighted by atomic mass is 9.98. The van der Waals surface area contributed by atoms with Gasteiger partial charge in [-0.15, -0.1) is 0 Å². The SMILES string of the molecule is Cc1cc(C(=O)N2CCCCC2c2cc(NC(=O)c3ccc(-c4ccc(Cl)cc4)o3)n[nH]2)ncc1[N+](=O)[O-].O=CO. The predicted octanol–water partition coefficient (Wildman–Crippen LogP) is 5.26. The minimum absolute atomic E-state index is 0.119. The summed E-state index contributed by atoms with van der Waals surface area (Å²) in [5.74, 6) is 0.148. The Bertz CT molecular complexity index is 1570. The molecule has 2 amide bonds. The number of H-pyrrole nitrogens is 1. The van der Waals surface area contributed by atoms with Crippen LogP contribution in [-0.4, -0.2) is 54.9 Å². The Morgan fingerprint density at radius 1 is 1.22 bits per heavy atom. The van der Waals surface area contributed by atoms with Gasteiger partial charge in [0.2, 0.25) is 0 Å². The Kier molecular flexibility index (Phi) is 9.09. The van der Waals surface area contributed by atoms with Crippen molar-refractivity contribution in [3.05, 3.63) is 92.6 Å². The third-order valence-electron chi connectivity index (χ3n) is 6.42. The molecule has 4 aromatic rings. The van der Waals surface area contributed by atoms with Crippen molar-refractivity contribution in [2.75, 3.05) is 11.9 Å². The maximum Gasteiger partial charge on any atom is 0.292 e. The third kappa shape index (κ3) is 6.76. The van der Waals surface area contributed by atoms with Crippen LogP contribution in [0.4, 0.5) is 11.5 Å². The van der Waals surface area contributed by atoms with Crippen LogP contribution in [0.2, 0.25) is 5.02 Å². The van der Waals surface area contributed by atoms with E-state index in [2.05, 4.69) is 20.5 Å². The average Bonchev–Trinajstić information content (AvgIpc) is 3.64. The molecule has 0 radical (unpaired) electrons. The van der Waals surface area contributed by atoms with Crippen molar-refractivity contribution in [3.8, 4) is 11.3 Å². The predicted molar refractivity (Wildman–Crippen MR) is 148 cm³/mol. The van der Waals surface area contributed by atoms with Gasteiger partial charge in [-0.25, -0.2) is 4.98 Å². The van der Waals surface area contributed by atoms with E-state index in [4.69, 9.17) is 25.9 Å². The van der Waals surface area contributed by atoms with Crippen LogP contribution in [0.15, 0.2) is 59.1 Å². The number of furan rings is 1. The Morgan fingerprint density at radius 2 is 1.95 bits per heavy atom. The lowest BCUT2D eigenvalue weighted by Gasteiger charge is -2.34. The topological polar surface area (TPSA) is 185 Å². The van der Waals surface area contributed by atoms with E-state index in [0.29, 0.717) is 35.0 Å². The maximum absolute atomic E-state index is 13.3. The second-order valence-corrected chi connectivity index (χ2v) is 9.50. The van der Waals surface area contributed by atoms with E-state index in [-0.39, 0.29) is 41.4 Å². The maximum atomic E-state index is 13.3. The zero-order valence-electron chi connectivity index (χ0n) is 21.7. The van der Waals surface area contributed by atoms with Gasteiger partial charge in [0.05, 0.1) is 16.7 Å². The molecule has 1 aliphatic heterocycles. The highest BCUT2D eigenvalue weighted by Crippen LogP contribution is 2.32. The number of aromatic nitrogens is 3. The minimum atomic E-state index is -0.526. The molecule has 13 nitrogen and oxygen atoms in total. The fourth-order valence-corrected chi connectivity index (χ4v) is 4.61.